The maximum absolute atomic E-state index is 5.98. The van der Waals surface area contributed by atoms with Crippen molar-refractivity contribution in [2.24, 2.45) is 12.0 Å². The average molecular weight is 561 g/mol. The molecule has 2 heterocycles. The van der Waals surface area contributed by atoms with Gasteiger partial charge < -0.3 is 19.7 Å². The molecule has 176 valence electrons. The van der Waals surface area contributed by atoms with Crippen LogP contribution < -0.4 is 10.1 Å². The van der Waals surface area contributed by atoms with Gasteiger partial charge in [0, 0.05) is 31.9 Å². The lowest BCUT2D eigenvalue weighted by atomic mass is 10.1. The van der Waals surface area contributed by atoms with Gasteiger partial charge in [-0.25, -0.2) is 4.99 Å². The quantitative estimate of drug-likeness (QED) is 0.267. The summed E-state index contributed by atoms with van der Waals surface area (Å²) < 4.78 is 13.8. The minimum absolute atomic E-state index is 0. The summed E-state index contributed by atoms with van der Waals surface area (Å²) in [6, 6.07) is 18.3. The Morgan fingerprint density at radius 3 is 2.76 bits per heavy atom. The Hall–Kier alpha value is -2.59. The monoisotopic (exact) mass is 561 g/mol. The lowest BCUT2D eigenvalue weighted by Gasteiger charge is -2.34. The number of aromatic nitrogens is 2. The standard InChI is InChI=1S/C25H31N5O2.HI/c1-3-26-25(30-12-13-31-24(18-30)22-16-28-29(2)17-22)27-15-21-10-7-11-23(14-21)32-19-20-8-5-4-6-9-20;/h4-11,14,16-17,24H,3,12-13,15,18-19H2,1-2H3,(H,26,27);1H. The smallest absolute Gasteiger partial charge is 0.194 e. The molecule has 7 nitrogen and oxygen atoms in total. The highest BCUT2D eigenvalue weighted by Gasteiger charge is 2.25. The number of nitrogens with one attached hydrogen (secondary N) is 1. The average Bonchev–Trinajstić information content (AvgIpc) is 3.28. The summed E-state index contributed by atoms with van der Waals surface area (Å²) in [6.07, 6.45) is 3.88. The second-order valence-corrected chi connectivity index (χ2v) is 7.84. The van der Waals surface area contributed by atoms with Crippen LogP contribution in [0.5, 0.6) is 5.75 Å². The number of guanidine groups is 1. The number of morpholine rings is 1. The highest BCUT2D eigenvalue weighted by atomic mass is 127. The number of nitrogens with zero attached hydrogens (tertiary/aromatic N) is 4. The number of aryl methyl sites for hydroxylation is 1. The van der Waals surface area contributed by atoms with E-state index in [0.29, 0.717) is 19.8 Å². The van der Waals surface area contributed by atoms with Gasteiger partial charge in [0.25, 0.3) is 0 Å². The van der Waals surface area contributed by atoms with Crippen molar-refractivity contribution in [3.63, 3.8) is 0 Å². The van der Waals surface area contributed by atoms with Crippen LogP contribution in [0.25, 0.3) is 0 Å². The van der Waals surface area contributed by atoms with Gasteiger partial charge in [-0.05, 0) is 30.2 Å². The largest absolute Gasteiger partial charge is 0.489 e. The van der Waals surface area contributed by atoms with Gasteiger partial charge in [-0.2, -0.15) is 5.10 Å². The van der Waals surface area contributed by atoms with E-state index in [1.54, 1.807) is 0 Å². The van der Waals surface area contributed by atoms with E-state index in [-0.39, 0.29) is 30.1 Å². The Bertz CT molecular complexity index is 1020. The molecule has 1 aliphatic rings. The molecule has 0 saturated carbocycles. The van der Waals surface area contributed by atoms with Gasteiger partial charge in [0.1, 0.15) is 18.5 Å². The summed E-state index contributed by atoms with van der Waals surface area (Å²) in [6.45, 7) is 6.26. The van der Waals surface area contributed by atoms with Crippen LogP contribution in [0.2, 0.25) is 0 Å². The third-order valence-corrected chi connectivity index (χ3v) is 5.36. The molecule has 1 unspecified atom stereocenters. The second kappa shape index (κ2) is 12.6. The molecule has 1 atom stereocenters. The van der Waals surface area contributed by atoms with Crippen LogP contribution in [-0.4, -0.2) is 46.9 Å². The van der Waals surface area contributed by atoms with E-state index in [1.807, 2.05) is 54.5 Å². The van der Waals surface area contributed by atoms with Crippen molar-refractivity contribution in [2.45, 2.75) is 26.2 Å². The molecule has 1 aromatic heterocycles. The van der Waals surface area contributed by atoms with Crippen molar-refractivity contribution in [3.8, 4) is 5.75 Å². The first-order valence-corrected chi connectivity index (χ1v) is 11.1. The van der Waals surface area contributed by atoms with Crippen molar-refractivity contribution < 1.29 is 9.47 Å². The van der Waals surface area contributed by atoms with Gasteiger partial charge in [-0.3, -0.25) is 4.68 Å². The van der Waals surface area contributed by atoms with E-state index in [1.165, 1.54) is 0 Å². The van der Waals surface area contributed by atoms with Crippen molar-refractivity contribution >= 4 is 29.9 Å². The van der Waals surface area contributed by atoms with E-state index in [0.717, 1.165) is 48.0 Å². The fourth-order valence-corrected chi connectivity index (χ4v) is 3.72. The Morgan fingerprint density at radius 1 is 1.18 bits per heavy atom. The van der Waals surface area contributed by atoms with E-state index < -0.39 is 0 Å². The van der Waals surface area contributed by atoms with Gasteiger partial charge >= 0.3 is 0 Å². The number of benzene rings is 2. The highest BCUT2D eigenvalue weighted by molar-refractivity contribution is 14.0. The first-order valence-electron chi connectivity index (χ1n) is 11.1. The molecule has 8 heteroatoms. The number of aliphatic imine (C=N–C) groups is 1. The van der Waals surface area contributed by atoms with E-state index in [4.69, 9.17) is 14.5 Å². The van der Waals surface area contributed by atoms with Gasteiger partial charge in [0.15, 0.2) is 5.96 Å². The van der Waals surface area contributed by atoms with Crippen LogP contribution in [0.3, 0.4) is 0 Å². The zero-order valence-corrected chi connectivity index (χ0v) is 21.5. The summed E-state index contributed by atoms with van der Waals surface area (Å²) in [4.78, 5) is 7.16. The van der Waals surface area contributed by atoms with Crippen molar-refractivity contribution in [1.82, 2.24) is 20.0 Å². The van der Waals surface area contributed by atoms with Crippen LogP contribution in [0.15, 0.2) is 72.0 Å². The summed E-state index contributed by atoms with van der Waals surface area (Å²) in [7, 11) is 1.92. The number of rotatable bonds is 7. The van der Waals surface area contributed by atoms with Crippen molar-refractivity contribution in [1.29, 1.82) is 0 Å². The van der Waals surface area contributed by atoms with Crippen LogP contribution in [0, 0.1) is 0 Å². The highest BCUT2D eigenvalue weighted by Crippen LogP contribution is 2.22. The molecular formula is C25H32IN5O2. The second-order valence-electron chi connectivity index (χ2n) is 7.84. The molecule has 0 spiro atoms. The molecular weight excluding hydrogens is 529 g/mol. The molecule has 0 amide bonds. The summed E-state index contributed by atoms with van der Waals surface area (Å²) >= 11 is 0. The van der Waals surface area contributed by atoms with Crippen LogP contribution >= 0.6 is 24.0 Å². The summed E-state index contributed by atoms with van der Waals surface area (Å²) in [5.41, 5.74) is 3.36. The molecule has 1 saturated heterocycles. The first kappa shape index (κ1) is 25.0. The zero-order chi connectivity index (χ0) is 22.2. The number of hydrogen-bond acceptors (Lipinski definition) is 4. The van der Waals surface area contributed by atoms with E-state index in [2.05, 4.69) is 46.5 Å². The number of hydrogen-bond donors (Lipinski definition) is 1. The molecule has 1 N–H and O–H groups in total. The minimum Gasteiger partial charge on any atom is -0.489 e. The predicted octanol–water partition coefficient (Wildman–Crippen LogP) is 4.16. The topological polar surface area (TPSA) is 63.9 Å². The normalized spacial score (nSPS) is 16.2. The molecule has 4 rings (SSSR count). The lowest BCUT2D eigenvalue weighted by molar-refractivity contribution is -0.00805. The van der Waals surface area contributed by atoms with E-state index in [9.17, 15) is 0 Å². The fraction of sp³-hybridized carbons (Fsp3) is 0.360. The zero-order valence-electron chi connectivity index (χ0n) is 19.2. The molecule has 0 radical (unpaired) electrons. The van der Waals surface area contributed by atoms with Gasteiger partial charge in [0.2, 0.25) is 0 Å². The molecule has 1 fully saturated rings. The maximum atomic E-state index is 5.98. The summed E-state index contributed by atoms with van der Waals surface area (Å²) in [5.74, 6) is 1.76. The number of ether oxygens (including phenoxy) is 2. The van der Waals surface area contributed by atoms with Crippen molar-refractivity contribution in [3.05, 3.63) is 83.7 Å². The Kier molecular flexibility index (Phi) is 9.56. The Labute approximate surface area is 212 Å². The van der Waals surface area contributed by atoms with Crippen LogP contribution in [0.1, 0.15) is 29.7 Å². The molecule has 0 aliphatic carbocycles. The SMILES string of the molecule is CCNC(=NCc1cccc(OCc2ccccc2)c1)N1CCOC(c2cnn(C)c2)C1.I. The Balaban J connectivity index is 0.00000306. The van der Waals surface area contributed by atoms with Crippen molar-refractivity contribution in [2.75, 3.05) is 26.2 Å². The Morgan fingerprint density at radius 2 is 2.00 bits per heavy atom. The van der Waals surface area contributed by atoms with Crippen LogP contribution in [0.4, 0.5) is 0 Å². The third kappa shape index (κ3) is 7.20. The lowest BCUT2D eigenvalue weighted by Crippen LogP contribution is -2.48. The number of halogens is 1. The van der Waals surface area contributed by atoms with Crippen LogP contribution in [-0.2, 0) is 24.9 Å². The predicted molar refractivity (Wildman–Crippen MR) is 141 cm³/mol. The summed E-state index contributed by atoms with van der Waals surface area (Å²) in [5, 5.41) is 7.71. The molecule has 33 heavy (non-hydrogen) atoms. The fourth-order valence-electron chi connectivity index (χ4n) is 3.72. The van der Waals surface area contributed by atoms with Gasteiger partial charge in [0.05, 0.1) is 25.9 Å². The van der Waals surface area contributed by atoms with Gasteiger partial charge in [-0.1, -0.05) is 42.5 Å². The van der Waals surface area contributed by atoms with Gasteiger partial charge in [-0.15, -0.1) is 24.0 Å². The first-order chi connectivity index (χ1) is 15.7. The molecule has 0 bridgehead atoms. The van der Waals surface area contributed by atoms with E-state index >= 15 is 0 Å². The minimum atomic E-state index is -0.00368. The molecule has 1 aliphatic heterocycles. The molecule has 3 aromatic rings. The maximum Gasteiger partial charge on any atom is 0.194 e. The third-order valence-electron chi connectivity index (χ3n) is 5.36. The molecule has 2 aromatic carbocycles.